The highest BCUT2D eigenvalue weighted by molar-refractivity contribution is 5.51. The molecule has 0 radical (unpaired) electrons. The van der Waals surface area contributed by atoms with Crippen LogP contribution in [-0.4, -0.2) is 31.3 Å². The first-order chi connectivity index (χ1) is 7.26. The maximum Gasteiger partial charge on any atom is 0.127 e. The van der Waals surface area contributed by atoms with Crippen LogP contribution in [-0.2, 0) is 4.74 Å². The van der Waals surface area contributed by atoms with E-state index in [9.17, 15) is 0 Å². The predicted octanol–water partition coefficient (Wildman–Crippen LogP) is 1.96. The zero-order chi connectivity index (χ0) is 11.1. The molecule has 0 bridgehead atoms. The summed E-state index contributed by atoms with van der Waals surface area (Å²) >= 11 is 0. The second kappa shape index (κ2) is 6.24. The molecule has 0 saturated heterocycles. The molecule has 1 aromatic heterocycles. The van der Waals surface area contributed by atoms with Gasteiger partial charge in [0.05, 0.1) is 6.10 Å². The fraction of sp³-hybridized carbons (Fsp3) is 0.545. The van der Waals surface area contributed by atoms with Gasteiger partial charge in [0, 0.05) is 38.1 Å². The van der Waals surface area contributed by atoms with Crippen LogP contribution in [0.2, 0.25) is 0 Å². The lowest BCUT2D eigenvalue weighted by molar-refractivity contribution is 0.0855. The molecular formula is C11H19N3O. The summed E-state index contributed by atoms with van der Waals surface area (Å²) in [7, 11) is 1.86. The lowest BCUT2D eigenvalue weighted by atomic mass is 10.3. The van der Waals surface area contributed by atoms with Gasteiger partial charge < -0.3 is 15.4 Å². The van der Waals surface area contributed by atoms with Crippen LogP contribution in [0.4, 0.5) is 11.5 Å². The lowest BCUT2D eigenvalue weighted by Gasteiger charge is -2.13. The van der Waals surface area contributed by atoms with Gasteiger partial charge in [0.2, 0.25) is 0 Å². The van der Waals surface area contributed by atoms with E-state index in [4.69, 9.17) is 4.74 Å². The Bertz CT molecular complexity index is 291. The average molecular weight is 209 g/mol. The Morgan fingerprint density at radius 2 is 2.33 bits per heavy atom. The zero-order valence-electron chi connectivity index (χ0n) is 9.58. The summed E-state index contributed by atoms with van der Waals surface area (Å²) < 4.78 is 5.43. The van der Waals surface area contributed by atoms with Crippen LogP contribution in [0.25, 0.3) is 0 Å². The maximum absolute atomic E-state index is 5.43. The van der Waals surface area contributed by atoms with E-state index >= 15 is 0 Å². The predicted molar refractivity (Wildman–Crippen MR) is 63.4 cm³/mol. The van der Waals surface area contributed by atoms with E-state index in [0.717, 1.165) is 24.7 Å². The monoisotopic (exact) mass is 209 g/mol. The van der Waals surface area contributed by atoms with E-state index in [0.29, 0.717) is 0 Å². The van der Waals surface area contributed by atoms with Gasteiger partial charge in [0.15, 0.2) is 0 Å². The van der Waals surface area contributed by atoms with E-state index in [-0.39, 0.29) is 6.10 Å². The second-order valence-corrected chi connectivity index (χ2v) is 3.33. The number of aromatic nitrogens is 1. The molecule has 1 rings (SSSR count). The Morgan fingerprint density at radius 1 is 1.53 bits per heavy atom. The van der Waals surface area contributed by atoms with Crippen molar-refractivity contribution < 1.29 is 4.74 Å². The molecule has 4 heteroatoms. The van der Waals surface area contributed by atoms with Gasteiger partial charge in [-0.2, -0.15) is 0 Å². The highest BCUT2D eigenvalue weighted by Crippen LogP contribution is 2.11. The number of pyridine rings is 1. The number of nitrogens with zero attached hydrogens (tertiary/aromatic N) is 1. The Labute approximate surface area is 91.1 Å². The van der Waals surface area contributed by atoms with Crippen LogP contribution in [0.15, 0.2) is 18.3 Å². The van der Waals surface area contributed by atoms with Crippen molar-refractivity contribution in [3.05, 3.63) is 18.3 Å². The third kappa shape index (κ3) is 4.16. The van der Waals surface area contributed by atoms with E-state index in [1.54, 1.807) is 6.20 Å². The number of ether oxygens (including phenoxy) is 1. The largest absolute Gasteiger partial charge is 0.382 e. The Kier molecular flexibility index (Phi) is 4.90. The molecule has 4 nitrogen and oxygen atoms in total. The van der Waals surface area contributed by atoms with Crippen molar-refractivity contribution in [2.75, 3.05) is 30.8 Å². The fourth-order valence-electron chi connectivity index (χ4n) is 1.28. The summed E-state index contributed by atoms with van der Waals surface area (Å²) in [5.41, 5.74) is 1.06. The van der Waals surface area contributed by atoms with Crippen molar-refractivity contribution in [2.24, 2.45) is 0 Å². The fourth-order valence-corrected chi connectivity index (χ4v) is 1.28. The summed E-state index contributed by atoms with van der Waals surface area (Å²) in [5.74, 6) is 0.865. The first-order valence-corrected chi connectivity index (χ1v) is 5.25. The summed E-state index contributed by atoms with van der Waals surface area (Å²) in [4.78, 5) is 4.14. The number of anilines is 2. The van der Waals surface area contributed by atoms with Gasteiger partial charge in [0.1, 0.15) is 5.82 Å². The minimum atomic E-state index is 0.223. The average Bonchev–Trinajstić information content (AvgIpc) is 2.27. The van der Waals surface area contributed by atoms with Gasteiger partial charge in [-0.1, -0.05) is 0 Å². The minimum Gasteiger partial charge on any atom is -0.382 e. The summed E-state index contributed by atoms with van der Waals surface area (Å²) in [6.07, 6.45) is 2.00. The van der Waals surface area contributed by atoms with Crippen LogP contribution in [0, 0.1) is 0 Å². The standard InChI is InChI=1S/C11H19N3O/c1-4-15-9(2)8-14-10-5-6-13-11(7-10)12-3/h5-7,9H,4,8H2,1-3H3,(H2,12,13,14). The molecule has 0 spiro atoms. The lowest BCUT2D eigenvalue weighted by Crippen LogP contribution is -2.19. The third-order valence-electron chi connectivity index (χ3n) is 2.06. The van der Waals surface area contributed by atoms with E-state index < -0.39 is 0 Å². The first kappa shape index (κ1) is 11.8. The van der Waals surface area contributed by atoms with Gasteiger partial charge in [-0.25, -0.2) is 4.98 Å². The molecule has 1 unspecified atom stereocenters. The Balaban J connectivity index is 2.43. The highest BCUT2D eigenvalue weighted by atomic mass is 16.5. The van der Waals surface area contributed by atoms with E-state index in [1.165, 1.54) is 0 Å². The molecule has 0 aliphatic carbocycles. The summed E-state index contributed by atoms with van der Waals surface area (Å²) in [6, 6.07) is 3.91. The summed E-state index contributed by atoms with van der Waals surface area (Å²) in [6.45, 7) is 5.61. The van der Waals surface area contributed by atoms with Crippen LogP contribution in [0.5, 0.6) is 0 Å². The Hall–Kier alpha value is -1.29. The van der Waals surface area contributed by atoms with Crippen LogP contribution in [0.3, 0.4) is 0 Å². The zero-order valence-corrected chi connectivity index (χ0v) is 9.58. The molecule has 1 atom stereocenters. The number of hydrogen-bond donors (Lipinski definition) is 2. The minimum absolute atomic E-state index is 0.223. The molecule has 84 valence electrons. The van der Waals surface area contributed by atoms with Crippen molar-refractivity contribution in [1.82, 2.24) is 4.98 Å². The van der Waals surface area contributed by atoms with Gasteiger partial charge in [-0.15, -0.1) is 0 Å². The van der Waals surface area contributed by atoms with Crippen LogP contribution in [0.1, 0.15) is 13.8 Å². The van der Waals surface area contributed by atoms with Crippen molar-refractivity contribution in [1.29, 1.82) is 0 Å². The van der Waals surface area contributed by atoms with Crippen molar-refractivity contribution in [2.45, 2.75) is 20.0 Å². The van der Waals surface area contributed by atoms with Gasteiger partial charge in [-0.3, -0.25) is 0 Å². The molecule has 0 aliphatic rings. The molecular weight excluding hydrogens is 190 g/mol. The topological polar surface area (TPSA) is 46.2 Å². The van der Waals surface area contributed by atoms with E-state index in [1.807, 2.05) is 26.1 Å². The molecule has 0 aliphatic heterocycles. The first-order valence-electron chi connectivity index (χ1n) is 5.25. The molecule has 2 N–H and O–H groups in total. The van der Waals surface area contributed by atoms with Crippen molar-refractivity contribution >= 4 is 11.5 Å². The summed E-state index contributed by atoms with van der Waals surface area (Å²) in [5, 5.41) is 6.30. The smallest absolute Gasteiger partial charge is 0.127 e. The number of hydrogen-bond acceptors (Lipinski definition) is 4. The van der Waals surface area contributed by atoms with Crippen molar-refractivity contribution in [3.63, 3.8) is 0 Å². The SMILES string of the molecule is CCOC(C)CNc1ccnc(NC)c1. The molecule has 0 amide bonds. The molecule has 1 heterocycles. The second-order valence-electron chi connectivity index (χ2n) is 3.33. The molecule has 0 fully saturated rings. The number of rotatable bonds is 6. The van der Waals surface area contributed by atoms with Crippen LogP contribution < -0.4 is 10.6 Å². The van der Waals surface area contributed by atoms with Gasteiger partial charge in [0.25, 0.3) is 0 Å². The van der Waals surface area contributed by atoms with Gasteiger partial charge >= 0.3 is 0 Å². The molecule has 1 aromatic rings. The molecule has 0 saturated carbocycles. The van der Waals surface area contributed by atoms with Crippen molar-refractivity contribution in [3.8, 4) is 0 Å². The number of nitrogens with one attached hydrogen (secondary N) is 2. The quantitative estimate of drug-likeness (QED) is 0.752. The van der Waals surface area contributed by atoms with E-state index in [2.05, 4.69) is 22.5 Å². The van der Waals surface area contributed by atoms with Gasteiger partial charge in [-0.05, 0) is 19.9 Å². The molecule has 15 heavy (non-hydrogen) atoms. The maximum atomic E-state index is 5.43. The highest BCUT2D eigenvalue weighted by Gasteiger charge is 2.00. The third-order valence-corrected chi connectivity index (χ3v) is 2.06. The molecule has 0 aromatic carbocycles. The Morgan fingerprint density at radius 3 is 3.00 bits per heavy atom. The normalized spacial score (nSPS) is 12.2. The van der Waals surface area contributed by atoms with Crippen LogP contribution >= 0.6 is 0 Å².